The zero-order chi connectivity index (χ0) is 23.2. The van der Waals surface area contributed by atoms with Crippen molar-refractivity contribution in [1.29, 1.82) is 5.26 Å². The first kappa shape index (κ1) is 22.6. The molecule has 2 N–H and O–H groups in total. The minimum Gasteiger partial charge on any atom is -0.384 e. The summed E-state index contributed by atoms with van der Waals surface area (Å²) in [4.78, 5) is 16.3. The Morgan fingerprint density at radius 3 is 2.73 bits per heavy atom. The molecule has 3 aliphatic rings. The maximum atomic E-state index is 13.5. The fourth-order valence-corrected chi connectivity index (χ4v) is 8.36. The van der Waals surface area contributed by atoms with Gasteiger partial charge in [-0.3, -0.25) is 9.69 Å². The van der Waals surface area contributed by atoms with Crippen molar-refractivity contribution in [3.05, 3.63) is 45.1 Å². The van der Waals surface area contributed by atoms with Crippen LogP contribution in [0.1, 0.15) is 69.6 Å². The maximum Gasteiger partial charge on any atom is 0.219 e. The van der Waals surface area contributed by atoms with Gasteiger partial charge in [-0.05, 0) is 36.1 Å². The number of aromatic nitrogens is 2. The molecule has 2 aromatic heterocycles. The molecule has 0 saturated heterocycles. The molecule has 1 aliphatic heterocycles. The third-order valence-corrected chi connectivity index (χ3v) is 9.88. The molecule has 0 spiro atoms. The summed E-state index contributed by atoms with van der Waals surface area (Å²) in [5.74, 6) is 0.0468. The Kier molecular flexibility index (Phi) is 6.10. The van der Waals surface area contributed by atoms with Gasteiger partial charge >= 0.3 is 0 Å². The van der Waals surface area contributed by atoms with Crippen LogP contribution in [0.3, 0.4) is 0 Å². The molecule has 2 aromatic rings. The standard InChI is InChI=1S/C24H27N5OS3/c1-24(2)11-16-20(17(30)12-24)19(18-9-6-10-31-18)15(13-25)21(26)29(16)22-27-28-23(33-22)32-14-7-4-3-5-8-14/h6,9-10,14,19H,3-5,7-8,11-12,26H2,1-2H3. The van der Waals surface area contributed by atoms with Gasteiger partial charge in [0.05, 0.1) is 17.6 Å². The lowest BCUT2D eigenvalue weighted by Gasteiger charge is -2.42. The molecule has 2 aliphatic carbocycles. The highest BCUT2D eigenvalue weighted by molar-refractivity contribution is 8.01. The molecule has 1 saturated carbocycles. The summed E-state index contributed by atoms with van der Waals surface area (Å²) in [5.41, 5.74) is 8.46. The monoisotopic (exact) mass is 497 g/mol. The van der Waals surface area contributed by atoms with Crippen molar-refractivity contribution < 1.29 is 4.79 Å². The number of rotatable bonds is 4. The lowest BCUT2D eigenvalue weighted by atomic mass is 9.70. The molecule has 5 rings (SSSR count). The number of hydrogen-bond acceptors (Lipinski definition) is 9. The molecule has 0 bridgehead atoms. The summed E-state index contributed by atoms with van der Waals surface area (Å²) in [6.07, 6.45) is 7.44. The molecule has 1 atom stereocenters. The number of nitrogens with two attached hydrogens (primary N) is 1. The third kappa shape index (κ3) is 4.25. The van der Waals surface area contributed by atoms with Gasteiger partial charge in [-0.2, -0.15) is 5.26 Å². The molecule has 3 heterocycles. The van der Waals surface area contributed by atoms with E-state index in [9.17, 15) is 10.1 Å². The number of thiophene rings is 1. The number of carbonyl (C=O) groups excluding carboxylic acids is 1. The fraction of sp³-hybridized carbons (Fsp3) is 0.500. The van der Waals surface area contributed by atoms with Crippen molar-refractivity contribution in [1.82, 2.24) is 10.2 Å². The van der Waals surface area contributed by atoms with Crippen LogP contribution in [0, 0.1) is 16.7 Å². The topological polar surface area (TPSA) is 95.9 Å². The summed E-state index contributed by atoms with van der Waals surface area (Å²) >= 11 is 4.86. The SMILES string of the molecule is CC1(C)CC(=O)C2=C(C1)N(c1nnc(SC3CCCCC3)s1)C(N)=C(C#N)C2c1cccs1. The van der Waals surface area contributed by atoms with Crippen LogP contribution >= 0.6 is 34.4 Å². The number of nitrogens with zero attached hydrogens (tertiary/aromatic N) is 4. The van der Waals surface area contributed by atoms with Gasteiger partial charge in [0, 0.05) is 27.8 Å². The van der Waals surface area contributed by atoms with Crippen LogP contribution < -0.4 is 10.6 Å². The first-order valence-electron chi connectivity index (χ1n) is 11.4. The number of allylic oxidation sites excluding steroid dienone is 3. The molecule has 33 heavy (non-hydrogen) atoms. The van der Waals surface area contributed by atoms with Crippen LogP contribution in [0.4, 0.5) is 5.13 Å². The van der Waals surface area contributed by atoms with Crippen LogP contribution in [-0.4, -0.2) is 21.2 Å². The Labute approximate surface area is 206 Å². The number of hydrogen-bond donors (Lipinski definition) is 1. The third-order valence-electron chi connectivity index (χ3n) is 6.62. The van der Waals surface area contributed by atoms with E-state index in [-0.39, 0.29) is 11.2 Å². The second-order valence-corrected chi connectivity index (χ2v) is 13.2. The van der Waals surface area contributed by atoms with Crippen LogP contribution in [0.15, 0.2) is 44.5 Å². The van der Waals surface area contributed by atoms with Crippen LogP contribution in [0.5, 0.6) is 0 Å². The van der Waals surface area contributed by atoms with Gasteiger partial charge in [0.1, 0.15) is 5.82 Å². The number of Topliss-reactive ketones (excluding diaryl/α,β-unsaturated/α-hetero) is 1. The van der Waals surface area contributed by atoms with E-state index in [2.05, 4.69) is 30.1 Å². The summed E-state index contributed by atoms with van der Waals surface area (Å²) in [7, 11) is 0. The molecule has 9 heteroatoms. The van der Waals surface area contributed by atoms with E-state index in [1.165, 1.54) is 43.4 Å². The van der Waals surface area contributed by atoms with Gasteiger partial charge in [-0.1, -0.05) is 62.3 Å². The van der Waals surface area contributed by atoms with E-state index in [1.54, 1.807) is 23.1 Å². The highest BCUT2D eigenvalue weighted by atomic mass is 32.2. The second kappa shape index (κ2) is 8.90. The van der Waals surface area contributed by atoms with Crippen molar-refractivity contribution >= 4 is 45.4 Å². The predicted octanol–water partition coefficient (Wildman–Crippen LogP) is 5.97. The molecular weight excluding hydrogens is 470 g/mol. The normalized spacial score (nSPS) is 23.6. The van der Waals surface area contributed by atoms with Crippen molar-refractivity contribution in [3.8, 4) is 6.07 Å². The maximum absolute atomic E-state index is 13.5. The average Bonchev–Trinajstić information content (AvgIpc) is 3.45. The van der Waals surface area contributed by atoms with E-state index in [0.717, 1.165) is 14.9 Å². The average molecular weight is 498 g/mol. The zero-order valence-electron chi connectivity index (χ0n) is 18.8. The Balaban J connectivity index is 1.58. The number of nitriles is 1. The van der Waals surface area contributed by atoms with Crippen LogP contribution in [0.25, 0.3) is 0 Å². The molecule has 1 fully saturated rings. The molecule has 0 aromatic carbocycles. The minimum atomic E-state index is -0.408. The summed E-state index contributed by atoms with van der Waals surface area (Å²) in [6, 6.07) is 6.26. The number of carbonyl (C=O) groups is 1. The highest BCUT2D eigenvalue weighted by Crippen LogP contribution is 2.51. The Morgan fingerprint density at radius 1 is 1.24 bits per heavy atom. The van der Waals surface area contributed by atoms with Crippen LogP contribution in [0.2, 0.25) is 0 Å². The molecule has 172 valence electrons. The number of anilines is 1. The lowest BCUT2D eigenvalue weighted by Crippen LogP contribution is -2.42. The summed E-state index contributed by atoms with van der Waals surface area (Å²) in [6.45, 7) is 4.22. The molecule has 1 unspecified atom stereocenters. The Morgan fingerprint density at radius 2 is 2.03 bits per heavy atom. The van der Waals surface area contributed by atoms with Gasteiger partial charge in [0.25, 0.3) is 0 Å². The van der Waals surface area contributed by atoms with Crippen LogP contribution in [-0.2, 0) is 4.79 Å². The molecule has 6 nitrogen and oxygen atoms in total. The first-order chi connectivity index (χ1) is 15.9. The van der Waals surface area contributed by atoms with Gasteiger partial charge in [-0.25, -0.2) is 0 Å². The van der Waals surface area contributed by atoms with E-state index < -0.39 is 5.92 Å². The van der Waals surface area contributed by atoms with Crippen molar-refractivity contribution in [2.45, 2.75) is 74.3 Å². The van der Waals surface area contributed by atoms with E-state index in [0.29, 0.717) is 40.2 Å². The van der Waals surface area contributed by atoms with Gasteiger partial charge in [-0.15, -0.1) is 21.5 Å². The first-order valence-corrected chi connectivity index (χ1v) is 14.0. The molecular formula is C24H27N5OS3. The number of ketones is 1. The predicted molar refractivity (Wildman–Crippen MR) is 134 cm³/mol. The summed E-state index contributed by atoms with van der Waals surface area (Å²) < 4.78 is 0.923. The zero-order valence-corrected chi connectivity index (χ0v) is 21.3. The van der Waals surface area contributed by atoms with E-state index >= 15 is 0 Å². The highest BCUT2D eigenvalue weighted by Gasteiger charge is 2.45. The molecule has 0 radical (unpaired) electrons. The Bertz CT molecular complexity index is 1170. The smallest absolute Gasteiger partial charge is 0.219 e. The van der Waals surface area contributed by atoms with Crippen molar-refractivity contribution in [3.63, 3.8) is 0 Å². The largest absolute Gasteiger partial charge is 0.384 e. The van der Waals surface area contributed by atoms with Gasteiger partial charge in [0.2, 0.25) is 5.13 Å². The minimum absolute atomic E-state index is 0.0891. The quantitative estimate of drug-likeness (QED) is 0.556. The lowest BCUT2D eigenvalue weighted by molar-refractivity contribution is -0.118. The van der Waals surface area contributed by atoms with Crippen molar-refractivity contribution in [2.75, 3.05) is 4.90 Å². The van der Waals surface area contributed by atoms with E-state index in [1.807, 2.05) is 22.4 Å². The second-order valence-electron chi connectivity index (χ2n) is 9.72. The van der Waals surface area contributed by atoms with E-state index in [4.69, 9.17) is 5.73 Å². The number of thioether (sulfide) groups is 1. The Hall–Kier alpha value is -2.15. The summed E-state index contributed by atoms with van der Waals surface area (Å²) in [5, 5.41) is 22.3. The van der Waals surface area contributed by atoms with Gasteiger partial charge in [0.15, 0.2) is 10.1 Å². The molecule has 0 amide bonds. The van der Waals surface area contributed by atoms with Crippen molar-refractivity contribution in [2.24, 2.45) is 11.1 Å². The fourth-order valence-electron chi connectivity index (χ4n) is 5.13. The van der Waals surface area contributed by atoms with Gasteiger partial charge < -0.3 is 5.73 Å².